The van der Waals surface area contributed by atoms with Crippen LogP contribution in [0.25, 0.3) is 0 Å². The molecule has 0 aromatic rings. The van der Waals surface area contributed by atoms with Crippen molar-refractivity contribution in [2.45, 2.75) is 70.9 Å². The number of hydrogen-bond acceptors (Lipinski definition) is 4. The van der Waals surface area contributed by atoms with E-state index in [2.05, 4.69) is 26.1 Å². The third-order valence-electron chi connectivity index (χ3n) is 6.65. The van der Waals surface area contributed by atoms with Crippen LogP contribution < -0.4 is 5.32 Å². The van der Waals surface area contributed by atoms with E-state index in [1.54, 1.807) is 18.9 Å². The molecule has 0 aromatic carbocycles. The maximum absolute atomic E-state index is 12.8. The summed E-state index contributed by atoms with van der Waals surface area (Å²) in [5, 5.41) is 2.66. The van der Waals surface area contributed by atoms with Crippen molar-refractivity contribution in [1.82, 2.24) is 10.2 Å². The molecular weight excluding hydrogens is 328 g/mol. The first-order valence-electron chi connectivity index (χ1n) is 8.97. The molecule has 0 unspecified atom stereocenters. The third-order valence-corrected chi connectivity index (χ3v) is 8.93. The SMILES string of the molecule is CCC1(CC)[C@H](NC(=O)N2CCS(=O)(=O)[C@H](C)[C@@H]2C)[C@H](C)[C@@H]1OC. The second-order valence-corrected chi connectivity index (χ2v) is 9.87. The van der Waals surface area contributed by atoms with Crippen molar-refractivity contribution in [2.24, 2.45) is 11.3 Å². The molecule has 1 heterocycles. The molecule has 2 fully saturated rings. The number of nitrogens with one attached hydrogen (secondary N) is 1. The minimum Gasteiger partial charge on any atom is -0.380 e. The Morgan fingerprint density at radius 3 is 2.33 bits per heavy atom. The smallest absolute Gasteiger partial charge is 0.317 e. The van der Waals surface area contributed by atoms with Gasteiger partial charge in [-0.1, -0.05) is 20.8 Å². The van der Waals surface area contributed by atoms with Gasteiger partial charge in [0, 0.05) is 37.1 Å². The van der Waals surface area contributed by atoms with E-state index < -0.39 is 15.1 Å². The lowest BCUT2D eigenvalue weighted by molar-refractivity contribution is -0.164. The molecule has 1 N–H and O–H groups in total. The van der Waals surface area contributed by atoms with Crippen molar-refractivity contribution < 1.29 is 17.9 Å². The number of nitrogens with zero attached hydrogens (tertiary/aromatic N) is 1. The molecule has 1 saturated heterocycles. The van der Waals surface area contributed by atoms with Crippen molar-refractivity contribution in [3.8, 4) is 0 Å². The van der Waals surface area contributed by atoms with Crippen LogP contribution in [0.4, 0.5) is 4.79 Å². The van der Waals surface area contributed by atoms with Crippen LogP contribution in [0.15, 0.2) is 0 Å². The molecule has 7 heteroatoms. The van der Waals surface area contributed by atoms with Crippen molar-refractivity contribution >= 4 is 15.9 Å². The highest BCUT2D eigenvalue weighted by atomic mass is 32.2. The summed E-state index contributed by atoms with van der Waals surface area (Å²) < 4.78 is 29.7. The first-order valence-corrected chi connectivity index (χ1v) is 10.7. The highest BCUT2D eigenvalue weighted by Gasteiger charge is 2.59. The molecule has 2 amide bonds. The molecule has 2 rings (SSSR count). The Labute approximate surface area is 146 Å². The van der Waals surface area contributed by atoms with E-state index in [0.29, 0.717) is 0 Å². The summed E-state index contributed by atoms with van der Waals surface area (Å²) in [4.78, 5) is 14.5. The zero-order valence-electron chi connectivity index (χ0n) is 15.7. The topological polar surface area (TPSA) is 75.7 Å². The Bertz CT molecular complexity index is 573. The lowest BCUT2D eigenvalue weighted by atomic mass is 9.53. The molecule has 1 aliphatic heterocycles. The molecule has 0 bridgehead atoms. The van der Waals surface area contributed by atoms with Crippen LogP contribution in [0.1, 0.15) is 47.5 Å². The molecule has 0 aromatic heterocycles. The molecule has 24 heavy (non-hydrogen) atoms. The number of amides is 2. The summed E-state index contributed by atoms with van der Waals surface area (Å²) >= 11 is 0. The molecule has 0 spiro atoms. The minimum absolute atomic E-state index is 0.0411. The molecule has 2 aliphatic rings. The number of rotatable bonds is 4. The quantitative estimate of drug-likeness (QED) is 0.832. The van der Waals surface area contributed by atoms with E-state index in [-0.39, 0.29) is 47.8 Å². The molecule has 0 radical (unpaired) electrons. The average Bonchev–Trinajstić information content (AvgIpc) is 2.55. The van der Waals surface area contributed by atoms with Gasteiger partial charge in [-0.05, 0) is 26.7 Å². The summed E-state index contributed by atoms with van der Waals surface area (Å²) in [6.07, 6.45) is 2.03. The fourth-order valence-electron chi connectivity index (χ4n) is 4.77. The fraction of sp³-hybridized carbons (Fsp3) is 0.941. The van der Waals surface area contributed by atoms with Crippen LogP contribution in [-0.4, -0.2) is 62.2 Å². The van der Waals surface area contributed by atoms with Gasteiger partial charge in [0.05, 0.1) is 17.1 Å². The Balaban J connectivity index is 2.12. The Morgan fingerprint density at radius 1 is 1.25 bits per heavy atom. The van der Waals surface area contributed by atoms with Crippen molar-refractivity contribution in [1.29, 1.82) is 0 Å². The van der Waals surface area contributed by atoms with Crippen molar-refractivity contribution in [3.05, 3.63) is 0 Å². The molecule has 140 valence electrons. The van der Waals surface area contributed by atoms with Crippen molar-refractivity contribution in [3.63, 3.8) is 0 Å². The Kier molecular flexibility index (Phi) is 5.55. The van der Waals surface area contributed by atoms with Gasteiger partial charge in [-0.25, -0.2) is 13.2 Å². The second-order valence-electron chi connectivity index (χ2n) is 7.39. The van der Waals surface area contributed by atoms with E-state index in [1.165, 1.54) is 0 Å². The fourth-order valence-corrected chi connectivity index (χ4v) is 6.34. The highest BCUT2D eigenvalue weighted by Crippen LogP contribution is 2.52. The molecular formula is C17H32N2O4S. The largest absolute Gasteiger partial charge is 0.380 e. The Hall–Kier alpha value is -0.820. The monoisotopic (exact) mass is 360 g/mol. The van der Waals surface area contributed by atoms with Crippen LogP contribution in [0.3, 0.4) is 0 Å². The van der Waals surface area contributed by atoms with Crippen LogP contribution in [-0.2, 0) is 14.6 Å². The number of carbonyl (C=O) groups excluding carboxylic acids is 1. The standard InChI is InChI=1S/C17H32N2O4S/c1-7-17(8-2)14(11(3)15(17)23-6)18-16(20)19-9-10-24(21,22)13(5)12(19)4/h11-15H,7-10H2,1-6H3,(H,18,20)/t11-,12-,13+,14+,15-/m0/s1. The van der Waals surface area contributed by atoms with Gasteiger partial charge in [0.1, 0.15) is 0 Å². The normalized spacial score (nSPS) is 37.6. The number of hydrogen-bond donors (Lipinski definition) is 1. The molecule has 1 saturated carbocycles. The number of urea groups is 1. The number of methoxy groups -OCH3 is 1. The van der Waals surface area contributed by atoms with E-state index in [1.807, 2.05) is 6.92 Å². The lowest BCUT2D eigenvalue weighted by Crippen LogP contribution is -2.71. The zero-order chi connectivity index (χ0) is 18.3. The maximum Gasteiger partial charge on any atom is 0.317 e. The average molecular weight is 361 g/mol. The van der Waals surface area contributed by atoms with Gasteiger partial charge in [-0.3, -0.25) is 0 Å². The van der Waals surface area contributed by atoms with E-state index in [9.17, 15) is 13.2 Å². The van der Waals surface area contributed by atoms with Gasteiger partial charge in [0.25, 0.3) is 0 Å². The van der Waals surface area contributed by atoms with E-state index in [4.69, 9.17) is 4.74 Å². The number of ether oxygens (including phenoxy) is 1. The van der Waals surface area contributed by atoms with Gasteiger partial charge in [0.2, 0.25) is 0 Å². The van der Waals surface area contributed by atoms with Gasteiger partial charge < -0.3 is 15.0 Å². The predicted molar refractivity (Wildman–Crippen MR) is 94.7 cm³/mol. The highest BCUT2D eigenvalue weighted by molar-refractivity contribution is 7.92. The van der Waals surface area contributed by atoms with Crippen LogP contribution in [0.5, 0.6) is 0 Å². The van der Waals surface area contributed by atoms with Gasteiger partial charge >= 0.3 is 6.03 Å². The molecule has 6 nitrogen and oxygen atoms in total. The summed E-state index contributed by atoms with van der Waals surface area (Å²) in [5.74, 6) is 0.291. The van der Waals surface area contributed by atoms with Gasteiger partial charge in [-0.15, -0.1) is 0 Å². The zero-order valence-corrected chi connectivity index (χ0v) is 16.5. The third kappa shape index (κ3) is 2.83. The first kappa shape index (κ1) is 19.5. The predicted octanol–water partition coefficient (Wildman–Crippen LogP) is 2.04. The second kappa shape index (κ2) is 6.83. The van der Waals surface area contributed by atoms with Crippen LogP contribution in [0.2, 0.25) is 0 Å². The molecule has 1 aliphatic carbocycles. The number of sulfone groups is 1. The minimum atomic E-state index is -3.09. The Morgan fingerprint density at radius 2 is 1.83 bits per heavy atom. The lowest BCUT2D eigenvalue weighted by Gasteiger charge is -2.60. The summed E-state index contributed by atoms with van der Waals surface area (Å²) in [7, 11) is -1.36. The van der Waals surface area contributed by atoms with Crippen LogP contribution in [0, 0.1) is 11.3 Å². The first-order chi connectivity index (χ1) is 11.2. The van der Waals surface area contributed by atoms with E-state index >= 15 is 0 Å². The maximum atomic E-state index is 12.8. The summed E-state index contributed by atoms with van der Waals surface area (Å²) in [5.41, 5.74) is -0.0411. The van der Waals surface area contributed by atoms with Gasteiger partial charge in [0.15, 0.2) is 9.84 Å². The molecule has 5 atom stereocenters. The summed E-state index contributed by atoms with van der Waals surface area (Å²) in [6.45, 7) is 10.2. The van der Waals surface area contributed by atoms with Crippen molar-refractivity contribution in [2.75, 3.05) is 19.4 Å². The van der Waals surface area contributed by atoms with E-state index in [0.717, 1.165) is 12.8 Å². The van der Waals surface area contributed by atoms with Crippen LogP contribution >= 0.6 is 0 Å². The number of carbonyl (C=O) groups is 1. The van der Waals surface area contributed by atoms with Gasteiger partial charge in [-0.2, -0.15) is 0 Å². The summed E-state index contributed by atoms with van der Waals surface area (Å²) in [6, 6.07) is -0.400.